The Morgan fingerprint density at radius 1 is 1.55 bits per heavy atom. The summed E-state index contributed by atoms with van der Waals surface area (Å²) in [6.07, 6.45) is 2.47. The number of halogens is 1. The third kappa shape index (κ3) is 3.20. The highest BCUT2D eigenvalue weighted by Gasteiger charge is 2.25. The average molecular weight is 298 g/mol. The van der Waals surface area contributed by atoms with E-state index in [0.29, 0.717) is 16.4 Å². The molecule has 0 saturated carbocycles. The maximum absolute atomic E-state index is 12.6. The Hall–Kier alpha value is -1.37. The van der Waals surface area contributed by atoms with Crippen molar-refractivity contribution in [2.75, 3.05) is 32.1 Å². The van der Waals surface area contributed by atoms with Crippen LogP contribution < -0.4 is 11.3 Å². The molecular weight excluding hydrogens is 278 g/mol. The molecule has 1 aromatic heterocycles. The molecule has 2 rings (SSSR count). The molecule has 110 valence electrons. The van der Waals surface area contributed by atoms with Crippen LogP contribution in [0.2, 0.25) is 5.02 Å². The molecule has 0 aromatic carbocycles. The second-order valence-corrected chi connectivity index (χ2v) is 5.57. The van der Waals surface area contributed by atoms with Gasteiger partial charge in [0.05, 0.1) is 10.6 Å². The first-order valence-electron chi connectivity index (χ1n) is 6.64. The van der Waals surface area contributed by atoms with E-state index in [4.69, 9.17) is 17.4 Å². The van der Waals surface area contributed by atoms with Gasteiger partial charge >= 0.3 is 0 Å². The smallest absolute Gasteiger partial charge is 0.255 e. The molecule has 1 aliphatic heterocycles. The van der Waals surface area contributed by atoms with Gasteiger partial charge in [-0.05, 0) is 33.0 Å². The molecule has 1 saturated heterocycles. The van der Waals surface area contributed by atoms with Crippen LogP contribution in [0.5, 0.6) is 0 Å². The van der Waals surface area contributed by atoms with E-state index in [9.17, 15) is 4.79 Å². The molecule has 1 aliphatic rings. The van der Waals surface area contributed by atoms with E-state index in [-0.39, 0.29) is 11.9 Å². The number of carbonyl (C=O) groups is 1. The maximum Gasteiger partial charge on any atom is 0.255 e. The first-order valence-corrected chi connectivity index (χ1v) is 7.02. The Morgan fingerprint density at radius 3 is 2.95 bits per heavy atom. The fourth-order valence-corrected chi connectivity index (χ4v) is 2.72. The number of hydrazine groups is 1. The van der Waals surface area contributed by atoms with Gasteiger partial charge in [-0.1, -0.05) is 11.6 Å². The van der Waals surface area contributed by atoms with Crippen molar-refractivity contribution in [3.63, 3.8) is 0 Å². The van der Waals surface area contributed by atoms with Gasteiger partial charge < -0.3 is 15.2 Å². The molecule has 1 amide bonds. The molecular formula is C13H20ClN5O. The molecule has 1 fully saturated rings. The van der Waals surface area contributed by atoms with Gasteiger partial charge in [0.15, 0.2) is 5.82 Å². The summed E-state index contributed by atoms with van der Waals surface area (Å²) in [6, 6.07) is 1.77. The van der Waals surface area contributed by atoms with Crippen molar-refractivity contribution in [2.45, 2.75) is 19.4 Å². The van der Waals surface area contributed by atoms with E-state index < -0.39 is 0 Å². The fraction of sp³-hybridized carbons (Fsp3) is 0.538. The molecule has 1 unspecified atom stereocenters. The summed E-state index contributed by atoms with van der Waals surface area (Å²) in [7, 11) is 2.07. The van der Waals surface area contributed by atoms with Gasteiger partial charge in [-0.15, -0.1) is 0 Å². The Morgan fingerprint density at radius 2 is 2.30 bits per heavy atom. The highest BCUT2D eigenvalue weighted by Crippen LogP contribution is 2.21. The lowest BCUT2D eigenvalue weighted by Crippen LogP contribution is -2.42. The maximum atomic E-state index is 12.6. The van der Waals surface area contributed by atoms with Gasteiger partial charge in [0.1, 0.15) is 0 Å². The third-order valence-corrected chi connectivity index (χ3v) is 3.82. The molecule has 3 N–H and O–H groups in total. The minimum atomic E-state index is -0.0363. The van der Waals surface area contributed by atoms with Crippen LogP contribution >= 0.6 is 11.6 Å². The lowest BCUT2D eigenvalue weighted by atomic mass is 10.2. The number of anilines is 1. The number of carbonyl (C=O) groups excluding carboxylic acids is 1. The van der Waals surface area contributed by atoms with Crippen molar-refractivity contribution in [3.05, 3.63) is 22.8 Å². The van der Waals surface area contributed by atoms with Crippen molar-refractivity contribution < 1.29 is 4.79 Å². The number of amides is 1. The van der Waals surface area contributed by atoms with Crippen LogP contribution in [-0.4, -0.2) is 53.4 Å². The number of hydrogen-bond donors (Lipinski definition) is 2. The second kappa shape index (κ2) is 6.39. The van der Waals surface area contributed by atoms with Crippen molar-refractivity contribution in [1.29, 1.82) is 0 Å². The predicted octanol–water partition coefficient (Wildman–Crippen LogP) is 1.19. The molecule has 2 heterocycles. The van der Waals surface area contributed by atoms with Gasteiger partial charge in [0.2, 0.25) is 0 Å². The molecule has 0 spiro atoms. The zero-order chi connectivity index (χ0) is 14.7. The summed E-state index contributed by atoms with van der Waals surface area (Å²) in [6.45, 7) is 4.68. The predicted molar refractivity (Wildman–Crippen MR) is 79.7 cm³/mol. The van der Waals surface area contributed by atoms with E-state index >= 15 is 0 Å². The lowest BCUT2D eigenvalue weighted by Gasteiger charge is -2.28. The van der Waals surface area contributed by atoms with Gasteiger partial charge in [-0.2, -0.15) is 0 Å². The second-order valence-electron chi connectivity index (χ2n) is 5.16. The van der Waals surface area contributed by atoms with Gasteiger partial charge in [0, 0.05) is 25.3 Å². The molecule has 0 radical (unpaired) electrons. The molecule has 0 aliphatic carbocycles. The van der Waals surface area contributed by atoms with Crippen LogP contribution in [0.15, 0.2) is 12.3 Å². The van der Waals surface area contributed by atoms with E-state index in [2.05, 4.69) is 29.3 Å². The Bertz CT molecular complexity index is 496. The molecule has 6 nitrogen and oxygen atoms in total. The number of nitrogens with two attached hydrogens (primary N) is 1. The third-order valence-electron chi connectivity index (χ3n) is 3.53. The van der Waals surface area contributed by atoms with Crippen molar-refractivity contribution in [1.82, 2.24) is 14.8 Å². The van der Waals surface area contributed by atoms with Crippen molar-refractivity contribution in [3.8, 4) is 0 Å². The Labute approximate surface area is 123 Å². The van der Waals surface area contributed by atoms with Crippen molar-refractivity contribution in [2.24, 2.45) is 5.84 Å². The number of aromatic nitrogens is 1. The van der Waals surface area contributed by atoms with Gasteiger partial charge in [0.25, 0.3) is 5.91 Å². The molecule has 7 heteroatoms. The van der Waals surface area contributed by atoms with Gasteiger partial charge in [-0.25, -0.2) is 10.8 Å². The zero-order valence-corrected chi connectivity index (χ0v) is 12.5. The summed E-state index contributed by atoms with van der Waals surface area (Å²) in [5, 5.41) is 0.345. The highest BCUT2D eigenvalue weighted by molar-refractivity contribution is 6.33. The van der Waals surface area contributed by atoms with Crippen LogP contribution in [0.4, 0.5) is 5.82 Å². The molecule has 20 heavy (non-hydrogen) atoms. The molecule has 1 atom stereocenters. The molecule has 1 aromatic rings. The minimum Gasteiger partial charge on any atom is -0.335 e. The van der Waals surface area contributed by atoms with Crippen LogP contribution in [0, 0.1) is 0 Å². The van der Waals surface area contributed by atoms with Gasteiger partial charge in [-0.3, -0.25) is 4.79 Å². The Kier molecular flexibility index (Phi) is 4.80. The summed E-state index contributed by atoms with van der Waals surface area (Å²) < 4.78 is 0. The normalized spacial score (nSPS) is 20.6. The average Bonchev–Trinajstić information content (AvgIpc) is 2.58. The standard InChI is InChI=1S/C13H20ClN5O/c1-9-8-18(2)4-3-5-19(9)13(20)10-6-11(14)12(17-15)16-7-10/h6-7,9H,3-5,8,15H2,1-2H3,(H,16,17). The van der Waals surface area contributed by atoms with Crippen LogP contribution in [0.3, 0.4) is 0 Å². The first kappa shape index (κ1) is 15.0. The summed E-state index contributed by atoms with van der Waals surface area (Å²) in [5.41, 5.74) is 2.88. The van der Waals surface area contributed by atoms with Crippen LogP contribution in [0.1, 0.15) is 23.7 Å². The largest absolute Gasteiger partial charge is 0.335 e. The van der Waals surface area contributed by atoms with E-state index in [1.54, 1.807) is 6.07 Å². The molecule has 0 bridgehead atoms. The zero-order valence-electron chi connectivity index (χ0n) is 11.8. The summed E-state index contributed by atoms with van der Waals surface area (Å²) >= 11 is 6.02. The highest BCUT2D eigenvalue weighted by atomic mass is 35.5. The number of nitrogen functional groups attached to an aromatic ring is 1. The number of pyridine rings is 1. The number of hydrogen-bond acceptors (Lipinski definition) is 5. The van der Waals surface area contributed by atoms with E-state index in [1.165, 1.54) is 6.20 Å². The lowest BCUT2D eigenvalue weighted by molar-refractivity contribution is 0.0696. The SMILES string of the molecule is CC1CN(C)CCCN1C(=O)c1cnc(NN)c(Cl)c1. The quantitative estimate of drug-likeness (QED) is 0.633. The van der Waals surface area contributed by atoms with Crippen molar-refractivity contribution >= 4 is 23.3 Å². The fourth-order valence-electron chi connectivity index (χ4n) is 2.50. The Balaban J connectivity index is 2.19. The van der Waals surface area contributed by atoms with E-state index in [0.717, 1.165) is 26.1 Å². The number of nitrogens with one attached hydrogen (secondary N) is 1. The number of rotatable bonds is 2. The minimum absolute atomic E-state index is 0.0363. The topological polar surface area (TPSA) is 74.5 Å². The van der Waals surface area contributed by atoms with Crippen LogP contribution in [-0.2, 0) is 0 Å². The van der Waals surface area contributed by atoms with E-state index in [1.807, 2.05) is 4.90 Å². The number of nitrogens with zero attached hydrogens (tertiary/aromatic N) is 3. The van der Waals surface area contributed by atoms with Crippen LogP contribution in [0.25, 0.3) is 0 Å². The summed E-state index contributed by atoms with van der Waals surface area (Å²) in [4.78, 5) is 20.8. The number of likely N-dealkylation sites (N-methyl/N-ethyl adjacent to an activating group) is 1. The first-order chi connectivity index (χ1) is 9.52. The summed E-state index contributed by atoms with van der Waals surface area (Å²) in [5.74, 6) is 5.61. The monoisotopic (exact) mass is 297 g/mol.